The van der Waals surface area contributed by atoms with Gasteiger partial charge in [0, 0.05) is 20.9 Å². The van der Waals surface area contributed by atoms with Gasteiger partial charge < -0.3 is 0 Å². The molecule has 2 aromatic rings. The molecule has 0 atom stereocenters. The zero-order valence-corrected chi connectivity index (χ0v) is 9.32. The van der Waals surface area contributed by atoms with E-state index in [-0.39, 0.29) is 5.56 Å². The van der Waals surface area contributed by atoms with Crippen LogP contribution in [0.5, 0.6) is 0 Å². The third-order valence-electron chi connectivity index (χ3n) is 2.19. The summed E-state index contributed by atoms with van der Waals surface area (Å²) in [5.41, 5.74) is 1.17. The number of halogens is 2. The summed E-state index contributed by atoms with van der Waals surface area (Å²) >= 11 is 0. The minimum atomic E-state index is -3.46. The van der Waals surface area contributed by atoms with Crippen molar-refractivity contribution >= 4 is 0 Å². The van der Waals surface area contributed by atoms with Crippen LogP contribution in [0.1, 0.15) is 15.2 Å². The number of alkyl halides is 2. The zero-order chi connectivity index (χ0) is 14.1. The first-order valence-corrected chi connectivity index (χ1v) is 5.22. The van der Waals surface area contributed by atoms with E-state index < -0.39 is 12.3 Å². The third-order valence-corrected chi connectivity index (χ3v) is 2.19. The van der Waals surface area contributed by atoms with Crippen molar-refractivity contribution in [3.63, 3.8) is 0 Å². The highest BCUT2D eigenvalue weighted by Gasteiger charge is 2.21. The fraction of sp³-hybridized carbons (Fsp3) is 0.214. The Balaban J connectivity index is 2.47. The molecule has 0 bridgehead atoms. The lowest BCUT2D eigenvalue weighted by molar-refractivity contribution is 0.0226. The number of hydrogen-bond donors (Lipinski definition) is 0. The Bertz CT molecular complexity index is 565. The largest absolute Gasteiger partial charge is 0.256 e. The van der Waals surface area contributed by atoms with Gasteiger partial charge in [0.15, 0.2) is 0 Å². The number of benzene rings is 1. The van der Waals surface area contributed by atoms with Crippen molar-refractivity contribution < 1.29 is 11.5 Å². The number of nitrogens with zero attached hydrogens (tertiary/aromatic N) is 1. The van der Waals surface area contributed by atoms with Gasteiger partial charge >= 0.3 is 0 Å². The first-order chi connectivity index (χ1) is 8.82. The van der Waals surface area contributed by atoms with E-state index in [2.05, 4.69) is 4.98 Å². The maximum atomic E-state index is 13.3. The van der Waals surface area contributed by atoms with E-state index in [0.717, 1.165) is 5.56 Å². The summed E-state index contributed by atoms with van der Waals surface area (Å²) in [6.45, 7) is 0.579. The normalized spacial score (nSPS) is 14.1. The molecule has 1 aromatic heterocycles. The second-order valence-electron chi connectivity index (χ2n) is 3.81. The molecular weight excluding hydrogens is 220 g/mol. The van der Waals surface area contributed by atoms with Crippen LogP contribution in [0.25, 0.3) is 11.3 Å². The van der Waals surface area contributed by atoms with Gasteiger partial charge in [-0.15, -0.1) is 0 Å². The van der Waals surface area contributed by atoms with Crippen LogP contribution in [0.4, 0.5) is 8.78 Å². The van der Waals surface area contributed by atoms with E-state index in [1.54, 1.807) is 12.1 Å². The second kappa shape index (κ2) is 4.62. The van der Waals surface area contributed by atoms with Crippen LogP contribution in [0.2, 0.25) is 0 Å². The van der Waals surface area contributed by atoms with E-state index in [9.17, 15) is 8.78 Å². The molecule has 1 nitrogen and oxygen atoms in total. The molecule has 3 heteroatoms. The Morgan fingerprint density at radius 1 is 1.24 bits per heavy atom. The third kappa shape index (κ3) is 3.34. The molecule has 0 spiro atoms. The summed E-state index contributed by atoms with van der Waals surface area (Å²) in [7, 11) is 0. The number of aromatic nitrogens is 1. The molecule has 17 heavy (non-hydrogen) atoms. The Kier molecular flexibility index (Phi) is 2.52. The molecule has 0 amide bonds. The van der Waals surface area contributed by atoms with Gasteiger partial charge in [-0.05, 0) is 24.6 Å². The summed E-state index contributed by atoms with van der Waals surface area (Å²) in [4.78, 5) is 4.09. The molecule has 0 saturated carbocycles. The lowest BCUT2D eigenvalue weighted by Crippen LogP contribution is -2.13. The molecule has 88 valence electrons. The van der Waals surface area contributed by atoms with Crippen molar-refractivity contribution in [1.29, 1.82) is 0 Å². The molecule has 0 radical (unpaired) electrons. The second-order valence-corrected chi connectivity index (χ2v) is 3.81. The topological polar surface area (TPSA) is 12.9 Å². The lowest BCUT2D eigenvalue weighted by atomic mass is 10.1. The summed E-state index contributed by atoms with van der Waals surface area (Å²) < 4.78 is 41.8. The molecule has 2 rings (SSSR count). The van der Waals surface area contributed by atoms with Crippen molar-refractivity contribution in [2.75, 3.05) is 0 Å². The van der Waals surface area contributed by atoms with E-state index in [1.807, 2.05) is 18.2 Å². The van der Waals surface area contributed by atoms with Crippen LogP contribution in [-0.4, -0.2) is 10.9 Å². The van der Waals surface area contributed by atoms with Crippen LogP contribution < -0.4 is 0 Å². The summed E-state index contributed by atoms with van der Waals surface area (Å²) in [5, 5.41) is 0. The van der Waals surface area contributed by atoms with Crippen LogP contribution in [0.3, 0.4) is 0 Å². The summed E-state index contributed by atoms with van der Waals surface area (Å²) in [6, 6.07) is 11.7. The van der Waals surface area contributed by atoms with Crippen molar-refractivity contribution in [3.05, 3.63) is 54.2 Å². The SMILES string of the molecule is [2H]C([2H])(c1ccnc(-c2ccccc2)c1)C(C)(F)F. The molecular formula is C14H13F2N. The number of hydrogen-bond acceptors (Lipinski definition) is 1. The predicted molar refractivity (Wildman–Crippen MR) is 64.0 cm³/mol. The molecule has 0 saturated heterocycles. The zero-order valence-electron chi connectivity index (χ0n) is 11.3. The molecule has 0 unspecified atom stereocenters. The fourth-order valence-corrected chi connectivity index (χ4v) is 1.53. The summed E-state index contributed by atoms with van der Waals surface area (Å²) in [6.07, 6.45) is -1.37. The van der Waals surface area contributed by atoms with E-state index in [4.69, 9.17) is 2.74 Å². The van der Waals surface area contributed by atoms with E-state index in [0.29, 0.717) is 12.6 Å². The lowest BCUT2D eigenvalue weighted by Gasteiger charge is -2.10. The quantitative estimate of drug-likeness (QED) is 0.785. The standard InChI is InChI=1S/C14H13F2N/c1-14(15,16)10-11-7-8-17-13(9-11)12-5-3-2-4-6-12/h2-9H,10H2,1H3/i10D2. The molecule has 0 aliphatic carbocycles. The van der Waals surface area contributed by atoms with E-state index >= 15 is 0 Å². The number of rotatable bonds is 3. The highest BCUT2D eigenvalue weighted by Crippen LogP contribution is 2.22. The molecule has 0 aliphatic heterocycles. The Morgan fingerprint density at radius 2 is 1.94 bits per heavy atom. The van der Waals surface area contributed by atoms with Crippen molar-refractivity contribution in [3.8, 4) is 11.3 Å². The predicted octanol–water partition coefficient (Wildman–Crippen LogP) is 3.95. The monoisotopic (exact) mass is 235 g/mol. The van der Waals surface area contributed by atoms with Crippen LogP contribution in [-0.2, 0) is 6.37 Å². The Morgan fingerprint density at radius 3 is 2.59 bits per heavy atom. The minimum Gasteiger partial charge on any atom is -0.256 e. The van der Waals surface area contributed by atoms with Gasteiger partial charge in [0.05, 0.1) is 5.69 Å². The Labute approximate surface area is 102 Å². The van der Waals surface area contributed by atoms with Gasteiger partial charge in [0.1, 0.15) is 0 Å². The highest BCUT2D eigenvalue weighted by molar-refractivity contribution is 5.59. The van der Waals surface area contributed by atoms with Crippen molar-refractivity contribution in [2.24, 2.45) is 0 Å². The van der Waals surface area contributed by atoms with Crippen LogP contribution in [0, 0.1) is 0 Å². The first kappa shape index (κ1) is 9.28. The fourth-order valence-electron chi connectivity index (χ4n) is 1.53. The first-order valence-electron chi connectivity index (χ1n) is 6.22. The summed E-state index contributed by atoms with van der Waals surface area (Å²) in [5.74, 6) is -3.46. The molecule has 1 heterocycles. The van der Waals surface area contributed by atoms with Gasteiger partial charge in [0.25, 0.3) is 0 Å². The van der Waals surface area contributed by atoms with Gasteiger partial charge in [-0.2, -0.15) is 0 Å². The van der Waals surface area contributed by atoms with Gasteiger partial charge in [-0.25, -0.2) is 8.78 Å². The maximum absolute atomic E-state index is 13.3. The smallest absolute Gasteiger partial charge is 0.249 e. The van der Waals surface area contributed by atoms with Crippen LogP contribution >= 0.6 is 0 Å². The Hall–Kier alpha value is -1.77. The van der Waals surface area contributed by atoms with Gasteiger partial charge in [-0.1, -0.05) is 30.3 Å². The maximum Gasteiger partial charge on any atom is 0.249 e. The minimum absolute atomic E-state index is 0.0751. The average Bonchev–Trinajstić information content (AvgIpc) is 2.39. The van der Waals surface area contributed by atoms with Gasteiger partial charge in [0.2, 0.25) is 5.92 Å². The highest BCUT2D eigenvalue weighted by atomic mass is 19.3. The van der Waals surface area contributed by atoms with Gasteiger partial charge in [-0.3, -0.25) is 4.98 Å². The van der Waals surface area contributed by atoms with Crippen molar-refractivity contribution in [1.82, 2.24) is 4.98 Å². The number of pyridine rings is 1. The van der Waals surface area contributed by atoms with Crippen molar-refractivity contribution in [2.45, 2.75) is 19.2 Å². The molecule has 0 N–H and O–H groups in total. The van der Waals surface area contributed by atoms with E-state index in [1.165, 1.54) is 18.3 Å². The molecule has 0 aliphatic rings. The average molecular weight is 235 g/mol. The molecule has 0 fully saturated rings. The molecule has 1 aromatic carbocycles. The van der Waals surface area contributed by atoms with Crippen LogP contribution in [0.15, 0.2) is 48.7 Å².